The fraction of sp³-hybridized carbons (Fsp3) is 0.188. The second-order valence-electron chi connectivity index (χ2n) is 10.2. The number of aliphatic hydroxyl groups is 1. The molecular formula is C32H29N5O3. The Hall–Kier alpha value is -4.84. The molecular weight excluding hydrogens is 502 g/mol. The number of allylic oxidation sites excluding steroid dienone is 1. The summed E-state index contributed by atoms with van der Waals surface area (Å²) in [5, 5.41) is 20.2. The zero-order chi connectivity index (χ0) is 27.5. The summed E-state index contributed by atoms with van der Waals surface area (Å²) in [6.45, 7) is 1.95. The molecule has 8 heteroatoms. The average Bonchev–Trinajstić information content (AvgIpc) is 3.45. The van der Waals surface area contributed by atoms with E-state index < -0.39 is 11.6 Å². The predicted molar refractivity (Wildman–Crippen MR) is 151 cm³/mol. The lowest BCUT2D eigenvalue weighted by molar-refractivity contribution is -0.0804. The van der Waals surface area contributed by atoms with Crippen LogP contribution in [0.5, 0.6) is 11.5 Å². The summed E-state index contributed by atoms with van der Waals surface area (Å²) in [7, 11) is 0. The second-order valence-corrected chi connectivity index (χ2v) is 10.2. The molecule has 8 nitrogen and oxygen atoms in total. The van der Waals surface area contributed by atoms with Crippen LogP contribution in [0, 0.1) is 11.3 Å². The molecule has 0 radical (unpaired) electrons. The first kappa shape index (κ1) is 25.4. The zero-order valence-corrected chi connectivity index (χ0v) is 21.9. The van der Waals surface area contributed by atoms with Crippen LogP contribution < -0.4 is 10.5 Å². The monoisotopic (exact) mass is 531 g/mol. The number of ether oxygens (including phenoxy) is 1. The molecule has 1 atom stereocenters. The SMILES string of the molecule is N#Cc1coc(C2C(c3ccc(Oc4ccccc4)cc3)=CC(N)=CN2C2(CO)CN(Cc3ccccc3)C2)n1. The Morgan fingerprint density at radius 2 is 1.68 bits per heavy atom. The number of nitrogens with zero attached hydrogens (tertiary/aromatic N) is 4. The van der Waals surface area contributed by atoms with Gasteiger partial charge in [-0.1, -0.05) is 60.7 Å². The Labute approximate surface area is 232 Å². The van der Waals surface area contributed by atoms with Crippen molar-refractivity contribution in [1.82, 2.24) is 14.8 Å². The lowest BCUT2D eigenvalue weighted by Crippen LogP contribution is -2.71. The first-order chi connectivity index (χ1) is 19.6. The van der Waals surface area contributed by atoms with Crippen molar-refractivity contribution in [3.8, 4) is 17.6 Å². The van der Waals surface area contributed by atoms with Crippen LogP contribution in [0.15, 0.2) is 114 Å². The normalized spacial score (nSPS) is 18.3. The van der Waals surface area contributed by atoms with Gasteiger partial charge in [0.05, 0.1) is 12.1 Å². The largest absolute Gasteiger partial charge is 0.457 e. The third-order valence-corrected chi connectivity index (χ3v) is 7.35. The highest BCUT2D eigenvalue weighted by molar-refractivity contribution is 5.74. The van der Waals surface area contributed by atoms with Crippen LogP contribution in [-0.4, -0.2) is 45.1 Å². The molecule has 0 aliphatic carbocycles. The van der Waals surface area contributed by atoms with Gasteiger partial charge in [0.2, 0.25) is 5.89 Å². The van der Waals surface area contributed by atoms with Gasteiger partial charge in [-0.2, -0.15) is 5.26 Å². The first-order valence-corrected chi connectivity index (χ1v) is 13.1. The number of hydrogen-bond acceptors (Lipinski definition) is 8. The molecule has 2 aliphatic rings. The van der Waals surface area contributed by atoms with Crippen LogP contribution in [0.2, 0.25) is 0 Å². The Balaban J connectivity index is 1.31. The van der Waals surface area contributed by atoms with E-state index in [4.69, 9.17) is 14.9 Å². The van der Waals surface area contributed by atoms with E-state index in [9.17, 15) is 10.4 Å². The number of aromatic nitrogens is 1. The molecule has 1 aromatic heterocycles. The number of para-hydroxylation sites is 1. The summed E-state index contributed by atoms with van der Waals surface area (Å²) in [4.78, 5) is 8.81. The van der Waals surface area contributed by atoms with Crippen molar-refractivity contribution in [3.05, 3.63) is 132 Å². The van der Waals surface area contributed by atoms with Crippen molar-refractivity contribution in [3.63, 3.8) is 0 Å². The maximum Gasteiger partial charge on any atom is 0.222 e. The molecule has 1 saturated heterocycles. The van der Waals surface area contributed by atoms with Crippen molar-refractivity contribution < 1.29 is 14.3 Å². The molecule has 6 rings (SSSR count). The smallest absolute Gasteiger partial charge is 0.222 e. The van der Waals surface area contributed by atoms with Crippen LogP contribution >= 0.6 is 0 Å². The predicted octanol–water partition coefficient (Wildman–Crippen LogP) is 4.83. The van der Waals surface area contributed by atoms with Crippen molar-refractivity contribution in [2.75, 3.05) is 19.7 Å². The van der Waals surface area contributed by atoms with Gasteiger partial charge >= 0.3 is 0 Å². The molecule has 4 aromatic rings. The zero-order valence-electron chi connectivity index (χ0n) is 21.9. The number of hydrogen-bond donors (Lipinski definition) is 2. The Morgan fingerprint density at radius 3 is 2.33 bits per heavy atom. The second kappa shape index (κ2) is 10.7. The molecule has 0 saturated carbocycles. The van der Waals surface area contributed by atoms with Crippen LogP contribution in [0.3, 0.4) is 0 Å². The van der Waals surface area contributed by atoms with E-state index in [0.29, 0.717) is 30.4 Å². The van der Waals surface area contributed by atoms with Gasteiger partial charge in [0, 0.05) is 31.5 Å². The lowest BCUT2D eigenvalue weighted by atomic mass is 9.83. The molecule has 40 heavy (non-hydrogen) atoms. The molecule has 0 bridgehead atoms. The first-order valence-electron chi connectivity index (χ1n) is 13.1. The Morgan fingerprint density at radius 1 is 1.00 bits per heavy atom. The van der Waals surface area contributed by atoms with E-state index >= 15 is 0 Å². The minimum absolute atomic E-state index is 0.0818. The number of aliphatic hydroxyl groups excluding tert-OH is 1. The lowest BCUT2D eigenvalue weighted by Gasteiger charge is -2.57. The fourth-order valence-corrected chi connectivity index (χ4v) is 5.47. The van der Waals surface area contributed by atoms with E-state index in [2.05, 4.69) is 33.0 Å². The van der Waals surface area contributed by atoms with Gasteiger partial charge in [-0.3, -0.25) is 4.90 Å². The summed E-state index contributed by atoms with van der Waals surface area (Å²) in [6.07, 6.45) is 5.11. The van der Waals surface area contributed by atoms with Crippen LogP contribution in [0.1, 0.15) is 28.8 Å². The van der Waals surface area contributed by atoms with Crippen LogP contribution in [0.4, 0.5) is 0 Å². The van der Waals surface area contributed by atoms with Crippen molar-refractivity contribution in [1.29, 1.82) is 5.26 Å². The Kier molecular flexibility index (Phi) is 6.83. The van der Waals surface area contributed by atoms with Crippen molar-refractivity contribution in [2.45, 2.75) is 18.1 Å². The highest BCUT2D eigenvalue weighted by atomic mass is 16.5. The van der Waals surface area contributed by atoms with E-state index in [0.717, 1.165) is 23.4 Å². The standard InChI is InChI=1S/C32H29N5O3/c33-16-26-19-39-31(35-26)30-29(24-11-13-28(14-12-24)40-27-9-5-2-6-10-27)15-25(34)18-37(30)32(22-38)20-36(21-32)17-23-7-3-1-4-8-23/h1-15,18-19,30,38H,17,20-22,34H2. The Bertz CT molecular complexity index is 1570. The van der Waals surface area contributed by atoms with Crippen molar-refractivity contribution in [2.24, 2.45) is 5.73 Å². The van der Waals surface area contributed by atoms with Crippen molar-refractivity contribution >= 4 is 5.57 Å². The summed E-state index contributed by atoms with van der Waals surface area (Å²) in [6, 6.07) is 29.2. The molecule has 3 heterocycles. The third-order valence-electron chi connectivity index (χ3n) is 7.35. The summed E-state index contributed by atoms with van der Waals surface area (Å²) >= 11 is 0. The number of nitrogens with two attached hydrogens (primary N) is 1. The maximum absolute atomic E-state index is 10.7. The van der Waals surface area contributed by atoms with Gasteiger partial charge in [-0.05, 0) is 47.0 Å². The van der Waals surface area contributed by atoms with E-state index in [1.165, 1.54) is 11.8 Å². The van der Waals surface area contributed by atoms with Gasteiger partial charge in [0.15, 0.2) is 5.69 Å². The van der Waals surface area contributed by atoms with Gasteiger partial charge in [0.25, 0.3) is 0 Å². The average molecular weight is 532 g/mol. The molecule has 2 aliphatic heterocycles. The molecule has 1 unspecified atom stereocenters. The molecule has 200 valence electrons. The van der Waals surface area contributed by atoms with E-state index in [-0.39, 0.29) is 12.3 Å². The topological polar surface area (TPSA) is 112 Å². The third kappa shape index (κ3) is 4.96. The summed E-state index contributed by atoms with van der Waals surface area (Å²) < 4.78 is 11.8. The fourth-order valence-electron chi connectivity index (χ4n) is 5.47. The highest BCUT2D eigenvalue weighted by Crippen LogP contribution is 2.45. The molecule has 3 aromatic carbocycles. The maximum atomic E-state index is 10.7. The minimum atomic E-state index is -0.610. The van der Waals surface area contributed by atoms with Gasteiger partial charge in [-0.25, -0.2) is 4.98 Å². The molecule has 0 amide bonds. The number of oxazole rings is 1. The highest BCUT2D eigenvalue weighted by Gasteiger charge is 2.51. The van der Waals surface area contributed by atoms with Gasteiger partial charge in [0.1, 0.15) is 29.9 Å². The van der Waals surface area contributed by atoms with E-state index in [1.54, 1.807) is 0 Å². The molecule has 1 fully saturated rings. The summed E-state index contributed by atoms with van der Waals surface area (Å²) in [5.41, 5.74) is 9.57. The van der Waals surface area contributed by atoms with Crippen LogP contribution in [-0.2, 0) is 6.54 Å². The van der Waals surface area contributed by atoms with Gasteiger partial charge in [-0.15, -0.1) is 0 Å². The number of likely N-dealkylation sites (tertiary alicyclic amines) is 1. The number of benzene rings is 3. The van der Waals surface area contributed by atoms with Crippen LogP contribution in [0.25, 0.3) is 5.57 Å². The number of rotatable bonds is 8. The molecule has 0 spiro atoms. The number of nitriles is 1. The van der Waals surface area contributed by atoms with E-state index in [1.807, 2.05) is 85.1 Å². The van der Waals surface area contributed by atoms with Gasteiger partial charge < -0.3 is 24.9 Å². The quantitative estimate of drug-likeness (QED) is 0.333. The summed E-state index contributed by atoms with van der Waals surface area (Å²) in [5.74, 6) is 1.82. The molecule has 3 N–H and O–H groups in total. The minimum Gasteiger partial charge on any atom is -0.457 e.